The molecule has 2 aromatic carbocycles. The Morgan fingerprint density at radius 3 is 2.80 bits per heavy atom. The molecule has 1 N–H and O–H groups in total. The van der Waals surface area contributed by atoms with Gasteiger partial charge in [-0.25, -0.2) is 4.98 Å². The Hall–Kier alpha value is -3.01. The lowest BCUT2D eigenvalue weighted by Gasteiger charge is -2.05. The molecule has 0 aliphatic carbocycles. The van der Waals surface area contributed by atoms with Crippen LogP contribution < -0.4 is 5.32 Å². The fourth-order valence-corrected chi connectivity index (χ4v) is 4.12. The van der Waals surface area contributed by atoms with Crippen LogP contribution in [0.25, 0.3) is 20.8 Å². The summed E-state index contributed by atoms with van der Waals surface area (Å²) >= 11 is 2.88. The van der Waals surface area contributed by atoms with Crippen molar-refractivity contribution in [3.05, 3.63) is 70.4 Å². The average Bonchev–Trinajstić information content (AvgIpc) is 3.28. The van der Waals surface area contributed by atoms with Gasteiger partial charge in [0, 0.05) is 16.6 Å². The highest BCUT2D eigenvalue weighted by Crippen LogP contribution is 2.31. The number of carbonyl (C=O) groups excluding carboxylic acids is 1. The molecule has 0 aliphatic rings. The lowest BCUT2D eigenvalue weighted by atomic mass is 10.2. The second-order valence-electron chi connectivity index (χ2n) is 5.33. The molecule has 0 radical (unpaired) electrons. The molecular formula is C19H11N3OS2. The van der Waals surface area contributed by atoms with Crippen LogP contribution in [0, 0.1) is 11.3 Å². The van der Waals surface area contributed by atoms with Gasteiger partial charge in [-0.15, -0.1) is 22.7 Å². The second kappa shape index (κ2) is 6.48. The van der Waals surface area contributed by atoms with Crippen LogP contribution in [0.15, 0.2) is 60.0 Å². The van der Waals surface area contributed by atoms with Crippen LogP contribution in [0.1, 0.15) is 15.2 Å². The number of para-hydroxylation sites is 1. The molecule has 6 heteroatoms. The molecule has 0 spiro atoms. The fourth-order valence-electron chi connectivity index (χ4n) is 2.43. The molecule has 0 saturated heterocycles. The third-order valence-corrected chi connectivity index (χ3v) is 5.63. The zero-order chi connectivity index (χ0) is 17.2. The van der Waals surface area contributed by atoms with Crippen molar-refractivity contribution in [1.82, 2.24) is 4.98 Å². The summed E-state index contributed by atoms with van der Waals surface area (Å²) in [7, 11) is 0. The second-order valence-corrected chi connectivity index (χ2v) is 7.27. The van der Waals surface area contributed by atoms with E-state index in [0.717, 1.165) is 20.8 Å². The maximum Gasteiger partial charge on any atom is 0.265 e. The van der Waals surface area contributed by atoms with Gasteiger partial charge in [0.15, 0.2) is 0 Å². The minimum absolute atomic E-state index is 0.215. The first kappa shape index (κ1) is 15.5. The van der Waals surface area contributed by atoms with Crippen LogP contribution in [0.2, 0.25) is 0 Å². The fraction of sp³-hybridized carbons (Fsp3) is 0. The predicted octanol–water partition coefficient (Wildman–Crippen LogP) is 5.15. The molecule has 1 amide bonds. The summed E-state index contributed by atoms with van der Waals surface area (Å²) in [6.45, 7) is 0. The molecule has 4 nitrogen and oxygen atoms in total. The number of fused-ring (bicyclic) bond motifs is 1. The number of nitriles is 1. The van der Waals surface area contributed by atoms with E-state index < -0.39 is 0 Å². The summed E-state index contributed by atoms with van der Waals surface area (Å²) in [4.78, 5) is 17.5. The summed E-state index contributed by atoms with van der Waals surface area (Å²) in [5.41, 5.74) is 3.13. The molecule has 0 unspecified atom stereocenters. The zero-order valence-corrected chi connectivity index (χ0v) is 14.5. The number of hydrogen-bond acceptors (Lipinski definition) is 5. The number of thiophene rings is 1. The quantitative estimate of drug-likeness (QED) is 0.549. The third kappa shape index (κ3) is 3.15. The van der Waals surface area contributed by atoms with Gasteiger partial charge in [0.05, 0.1) is 20.7 Å². The Kier molecular flexibility index (Phi) is 4.02. The average molecular weight is 361 g/mol. The first-order valence-electron chi connectivity index (χ1n) is 7.49. The number of thiazole rings is 1. The van der Waals surface area contributed by atoms with Crippen molar-refractivity contribution in [3.63, 3.8) is 0 Å². The van der Waals surface area contributed by atoms with Gasteiger partial charge in [0.25, 0.3) is 5.91 Å². The number of rotatable bonds is 3. The summed E-state index contributed by atoms with van der Waals surface area (Å²) < 4.78 is 1.13. The molecule has 4 aromatic rings. The maximum atomic E-state index is 12.3. The zero-order valence-electron chi connectivity index (χ0n) is 12.9. The monoisotopic (exact) mass is 361 g/mol. The first-order valence-corrected chi connectivity index (χ1v) is 9.18. The van der Waals surface area contributed by atoms with Crippen LogP contribution in [0.5, 0.6) is 0 Å². The number of hydrogen-bond donors (Lipinski definition) is 1. The molecule has 2 aromatic heterocycles. The molecule has 0 fully saturated rings. The molecule has 0 saturated carbocycles. The summed E-state index contributed by atoms with van der Waals surface area (Å²) in [6, 6.07) is 19.3. The molecule has 0 aliphatic heterocycles. The van der Waals surface area contributed by atoms with Crippen LogP contribution in [0.3, 0.4) is 0 Å². The van der Waals surface area contributed by atoms with Crippen LogP contribution in [-0.4, -0.2) is 10.9 Å². The number of anilines is 1. The van der Waals surface area contributed by atoms with Gasteiger partial charge >= 0.3 is 0 Å². The number of aromatic nitrogens is 1. The first-order chi connectivity index (χ1) is 12.2. The third-order valence-electron chi connectivity index (χ3n) is 3.61. The van der Waals surface area contributed by atoms with Crippen molar-refractivity contribution in [2.75, 3.05) is 5.32 Å². The van der Waals surface area contributed by atoms with Gasteiger partial charge < -0.3 is 5.32 Å². The normalized spacial score (nSPS) is 10.5. The van der Waals surface area contributed by atoms with E-state index >= 15 is 0 Å². The molecule has 2 heterocycles. The van der Waals surface area contributed by atoms with Gasteiger partial charge in [0.2, 0.25) is 0 Å². The Morgan fingerprint density at radius 1 is 1.12 bits per heavy atom. The molecular weight excluding hydrogens is 350 g/mol. The standard InChI is InChI=1S/C19H11N3OS2/c20-10-12-8-17(24-11-12)18(23)21-14-5-3-4-13(9-14)19-22-15-6-1-2-7-16(15)25-19/h1-9,11H,(H,21,23). The topological polar surface area (TPSA) is 65.8 Å². The summed E-state index contributed by atoms with van der Waals surface area (Å²) in [6.07, 6.45) is 0. The van der Waals surface area contributed by atoms with E-state index in [4.69, 9.17) is 5.26 Å². The van der Waals surface area contributed by atoms with E-state index in [1.54, 1.807) is 22.8 Å². The largest absolute Gasteiger partial charge is 0.321 e. The van der Waals surface area contributed by atoms with Crippen molar-refractivity contribution in [3.8, 4) is 16.6 Å². The smallest absolute Gasteiger partial charge is 0.265 e. The van der Waals surface area contributed by atoms with E-state index in [1.165, 1.54) is 11.3 Å². The minimum atomic E-state index is -0.215. The maximum absolute atomic E-state index is 12.3. The van der Waals surface area contributed by atoms with E-state index in [2.05, 4.69) is 10.3 Å². The molecule has 0 bridgehead atoms. The van der Waals surface area contributed by atoms with E-state index in [-0.39, 0.29) is 5.91 Å². The summed E-state index contributed by atoms with van der Waals surface area (Å²) in [5, 5.41) is 14.3. The summed E-state index contributed by atoms with van der Waals surface area (Å²) in [5.74, 6) is -0.215. The highest BCUT2D eigenvalue weighted by atomic mass is 32.1. The van der Waals surface area contributed by atoms with E-state index in [9.17, 15) is 4.79 Å². The Labute approximate surface area is 152 Å². The van der Waals surface area contributed by atoms with E-state index in [0.29, 0.717) is 16.1 Å². The number of carbonyl (C=O) groups is 1. The van der Waals surface area contributed by atoms with Gasteiger partial charge in [-0.2, -0.15) is 5.26 Å². The SMILES string of the molecule is N#Cc1csc(C(=O)Nc2cccc(-c3nc4ccccc4s3)c2)c1. The molecule has 0 atom stereocenters. The highest BCUT2D eigenvalue weighted by molar-refractivity contribution is 7.21. The van der Waals surface area contributed by atoms with Crippen molar-refractivity contribution < 1.29 is 4.79 Å². The number of nitrogens with one attached hydrogen (secondary N) is 1. The molecule has 120 valence electrons. The Balaban J connectivity index is 1.61. The van der Waals surface area contributed by atoms with Crippen molar-refractivity contribution in [2.24, 2.45) is 0 Å². The van der Waals surface area contributed by atoms with Crippen LogP contribution in [-0.2, 0) is 0 Å². The van der Waals surface area contributed by atoms with Gasteiger partial charge in [0.1, 0.15) is 11.1 Å². The number of amides is 1. The van der Waals surface area contributed by atoms with E-state index in [1.807, 2.05) is 54.6 Å². The predicted molar refractivity (Wildman–Crippen MR) is 102 cm³/mol. The van der Waals surface area contributed by atoms with Crippen LogP contribution in [0.4, 0.5) is 5.69 Å². The lowest BCUT2D eigenvalue weighted by Crippen LogP contribution is -2.10. The van der Waals surface area contributed by atoms with Gasteiger partial charge in [-0.1, -0.05) is 24.3 Å². The van der Waals surface area contributed by atoms with Crippen molar-refractivity contribution >= 4 is 44.5 Å². The van der Waals surface area contributed by atoms with Crippen molar-refractivity contribution in [2.45, 2.75) is 0 Å². The van der Waals surface area contributed by atoms with Crippen LogP contribution >= 0.6 is 22.7 Å². The number of benzene rings is 2. The molecule has 4 rings (SSSR count). The van der Waals surface area contributed by atoms with Crippen molar-refractivity contribution in [1.29, 1.82) is 5.26 Å². The number of nitrogens with zero attached hydrogens (tertiary/aromatic N) is 2. The molecule has 25 heavy (non-hydrogen) atoms. The minimum Gasteiger partial charge on any atom is -0.321 e. The highest BCUT2D eigenvalue weighted by Gasteiger charge is 2.11. The lowest BCUT2D eigenvalue weighted by molar-refractivity contribution is 0.103. The van der Waals surface area contributed by atoms with Gasteiger partial charge in [-0.3, -0.25) is 4.79 Å². The Bertz CT molecular complexity index is 1090. The van der Waals surface area contributed by atoms with Gasteiger partial charge in [-0.05, 0) is 30.3 Å². The Morgan fingerprint density at radius 2 is 2.00 bits per heavy atom.